The number of esters is 1. The molecule has 1 aromatic heterocycles. The van der Waals surface area contributed by atoms with Gasteiger partial charge in [-0.1, -0.05) is 6.07 Å². The molecular formula is C22H23NO7. The van der Waals surface area contributed by atoms with Crippen LogP contribution in [0.2, 0.25) is 0 Å². The van der Waals surface area contributed by atoms with Crippen molar-refractivity contribution in [3.05, 3.63) is 42.1 Å². The van der Waals surface area contributed by atoms with E-state index in [4.69, 9.17) is 23.7 Å². The number of benzene rings is 2. The Balaban J connectivity index is 2.25. The second-order valence-electron chi connectivity index (χ2n) is 6.26. The van der Waals surface area contributed by atoms with E-state index in [2.05, 4.69) is 4.98 Å². The fourth-order valence-corrected chi connectivity index (χ4v) is 3.21. The van der Waals surface area contributed by atoms with E-state index in [0.29, 0.717) is 45.4 Å². The maximum Gasteiger partial charge on any atom is 0.354 e. The second kappa shape index (κ2) is 8.69. The zero-order valence-corrected chi connectivity index (χ0v) is 17.4. The van der Waals surface area contributed by atoms with E-state index in [1.165, 1.54) is 35.5 Å². The molecule has 0 saturated carbocycles. The van der Waals surface area contributed by atoms with Gasteiger partial charge in [-0.25, -0.2) is 4.79 Å². The van der Waals surface area contributed by atoms with E-state index >= 15 is 0 Å². The van der Waals surface area contributed by atoms with Crippen LogP contribution < -0.4 is 18.9 Å². The van der Waals surface area contributed by atoms with Gasteiger partial charge in [0.2, 0.25) is 5.75 Å². The summed E-state index contributed by atoms with van der Waals surface area (Å²) < 4.78 is 26.2. The molecule has 8 nitrogen and oxygen atoms in total. The Labute approximate surface area is 173 Å². The van der Waals surface area contributed by atoms with Crippen LogP contribution in [0, 0.1) is 0 Å². The summed E-state index contributed by atoms with van der Waals surface area (Å²) in [5, 5.41) is 10.2. The lowest BCUT2D eigenvalue weighted by Gasteiger charge is -2.15. The van der Waals surface area contributed by atoms with Crippen molar-refractivity contribution in [3.63, 3.8) is 0 Å². The number of phenolic OH excluding ortho intramolecular Hbond substituents is 1. The third-order valence-corrected chi connectivity index (χ3v) is 4.67. The lowest BCUT2D eigenvalue weighted by atomic mass is 10.00. The van der Waals surface area contributed by atoms with E-state index in [1.54, 1.807) is 36.4 Å². The number of aromatic hydroxyl groups is 1. The molecule has 2 aromatic carbocycles. The molecule has 0 fully saturated rings. The van der Waals surface area contributed by atoms with Crippen molar-refractivity contribution in [1.82, 2.24) is 4.98 Å². The number of methoxy groups -OCH3 is 5. The van der Waals surface area contributed by atoms with E-state index in [-0.39, 0.29) is 11.4 Å². The van der Waals surface area contributed by atoms with Crippen molar-refractivity contribution in [1.29, 1.82) is 0 Å². The Morgan fingerprint density at radius 3 is 1.93 bits per heavy atom. The number of hydrogen-bond acceptors (Lipinski definition) is 7. The van der Waals surface area contributed by atoms with Crippen LogP contribution in [-0.4, -0.2) is 51.6 Å². The first-order valence-corrected chi connectivity index (χ1v) is 8.96. The van der Waals surface area contributed by atoms with E-state index in [1.807, 2.05) is 0 Å². The topological polar surface area (TPSA) is 99.2 Å². The summed E-state index contributed by atoms with van der Waals surface area (Å²) in [5.41, 5.74) is 2.89. The van der Waals surface area contributed by atoms with Gasteiger partial charge in [0.05, 0.1) is 41.2 Å². The summed E-state index contributed by atoms with van der Waals surface area (Å²) in [4.78, 5) is 15.3. The smallest absolute Gasteiger partial charge is 0.354 e. The van der Waals surface area contributed by atoms with Crippen molar-refractivity contribution in [2.24, 2.45) is 0 Å². The fraction of sp³-hybridized carbons (Fsp3) is 0.227. The number of hydrogen-bond donors (Lipinski definition) is 2. The third-order valence-electron chi connectivity index (χ3n) is 4.67. The minimum Gasteiger partial charge on any atom is -0.504 e. The van der Waals surface area contributed by atoms with Crippen molar-refractivity contribution >= 4 is 5.97 Å². The molecule has 0 unspecified atom stereocenters. The second-order valence-corrected chi connectivity index (χ2v) is 6.26. The number of aromatic nitrogens is 1. The molecular weight excluding hydrogens is 390 g/mol. The summed E-state index contributed by atoms with van der Waals surface area (Å²) in [6.45, 7) is 0. The van der Waals surface area contributed by atoms with Gasteiger partial charge in [0.15, 0.2) is 23.0 Å². The van der Waals surface area contributed by atoms with Gasteiger partial charge in [-0.05, 0) is 35.9 Å². The number of phenols is 1. The Morgan fingerprint density at radius 1 is 0.800 bits per heavy atom. The molecule has 0 saturated heterocycles. The number of rotatable bonds is 7. The molecule has 8 heteroatoms. The van der Waals surface area contributed by atoms with E-state index in [0.717, 1.165) is 0 Å². The zero-order valence-electron chi connectivity index (χ0n) is 17.4. The summed E-state index contributed by atoms with van der Waals surface area (Å²) in [5.74, 6) is 1.18. The quantitative estimate of drug-likeness (QED) is 0.567. The summed E-state index contributed by atoms with van der Waals surface area (Å²) in [7, 11) is 7.36. The highest BCUT2D eigenvalue weighted by atomic mass is 16.5. The van der Waals surface area contributed by atoms with Crippen LogP contribution in [-0.2, 0) is 4.74 Å². The molecule has 0 amide bonds. The molecule has 3 rings (SSSR count). The zero-order chi connectivity index (χ0) is 21.8. The summed E-state index contributed by atoms with van der Waals surface area (Å²) in [6, 6.07) is 10.2. The number of nitrogens with one attached hydrogen (secondary N) is 1. The molecule has 30 heavy (non-hydrogen) atoms. The first-order chi connectivity index (χ1) is 14.5. The molecule has 0 aliphatic rings. The van der Waals surface area contributed by atoms with Crippen LogP contribution in [0.1, 0.15) is 10.5 Å². The van der Waals surface area contributed by atoms with E-state index < -0.39 is 5.97 Å². The van der Waals surface area contributed by atoms with Crippen LogP contribution >= 0.6 is 0 Å². The molecule has 0 aliphatic heterocycles. The largest absolute Gasteiger partial charge is 0.504 e. The molecule has 158 valence electrons. The van der Waals surface area contributed by atoms with Gasteiger partial charge in [-0.3, -0.25) is 0 Å². The normalized spacial score (nSPS) is 10.4. The first-order valence-electron chi connectivity index (χ1n) is 8.96. The predicted molar refractivity (Wildman–Crippen MR) is 111 cm³/mol. The van der Waals surface area contributed by atoms with Crippen LogP contribution in [0.3, 0.4) is 0 Å². The molecule has 0 atom stereocenters. The Kier molecular flexibility index (Phi) is 6.06. The minimum absolute atomic E-state index is 0.0216. The Hall–Kier alpha value is -3.81. The van der Waals surface area contributed by atoms with Crippen LogP contribution in [0.15, 0.2) is 36.4 Å². The van der Waals surface area contributed by atoms with Crippen molar-refractivity contribution in [2.45, 2.75) is 0 Å². The lowest BCUT2D eigenvalue weighted by molar-refractivity contribution is 0.0595. The van der Waals surface area contributed by atoms with Crippen LogP contribution in [0.5, 0.6) is 28.7 Å². The molecule has 2 N–H and O–H groups in total. The number of carbonyl (C=O) groups excluding carboxylic acids is 1. The molecule has 1 heterocycles. The fourth-order valence-electron chi connectivity index (χ4n) is 3.21. The highest BCUT2D eigenvalue weighted by Crippen LogP contribution is 2.44. The van der Waals surface area contributed by atoms with Crippen LogP contribution in [0.25, 0.3) is 22.4 Å². The molecule has 0 aliphatic carbocycles. The SMILES string of the molecule is COC(=O)c1cc(-c2ccc(OC)c(O)c2)c(-c2cc(OC)c(OC)c(OC)c2)[nH]1. The van der Waals surface area contributed by atoms with Crippen molar-refractivity contribution in [3.8, 4) is 51.1 Å². The van der Waals surface area contributed by atoms with Gasteiger partial charge < -0.3 is 33.8 Å². The van der Waals surface area contributed by atoms with Gasteiger partial charge in [0.25, 0.3) is 0 Å². The molecule has 3 aromatic rings. The predicted octanol–water partition coefficient (Wildman–Crippen LogP) is 3.88. The first kappa shape index (κ1) is 20.9. The summed E-state index contributed by atoms with van der Waals surface area (Å²) in [6.07, 6.45) is 0. The molecule has 0 bridgehead atoms. The average Bonchev–Trinajstić information content (AvgIpc) is 3.22. The van der Waals surface area contributed by atoms with Crippen LogP contribution in [0.4, 0.5) is 0 Å². The third kappa shape index (κ3) is 3.71. The maximum absolute atomic E-state index is 12.2. The van der Waals surface area contributed by atoms with E-state index in [9.17, 15) is 9.90 Å². The number of H-pyrrole nitrogens is 1. The van der Waals surface area contributed by atoms with Crippen molar-refractivity contribution < 1.29 is 33.6 Å². The molecule has 0 radical (unpaired) electrons. The summed E-state index contributed by atoms with van der Waals surface area (Å²) >= 11 is 0. The van der Waals surface area contributed by atoms with Gasteiger partial charge >= 0.3 is 5.97 Å². The van der Waals surface area contributed by atoms with Gasteiger partial charge in [0.1, 0.15) is 5.69 Å². The number of carbonyl (C=O) groups is 1. The monoisotopic (exact) mass is 413 g/mol. The van der Waals surface area contributed by atoms with Gasteiger partial charge in [-0.2, -0.15) is 0 Å². The van der Waals surface area contributed by atoms with Gasteiger partial charge in [0, 0.05) is 11.1 Å². The highest BCUT2D eigenvalue weighted by Gasteiger charge is 2.21. The van der Waals surface area contributed by atoms with Gasteiger partial charge in [-0.15, -0.1) is 0 Å². The highest BCUT2D eigenvalue weighted by molar-refractivity contribution is 5.94. The standard InChI is InChI=1S/C22H23NO7/c1-26-17-7-6-12(8-16(17)24)14-11-15(22(25)30-5)23-20(14)13-9-18(27-2)21(29-4)19(10-13)28-3/h6-11,23-24H,1-5H3. The average molecular weight is 413 g/mol. The Bertz CT molecular complexity index is 1050. The Morgan fingerprint density at radius 2 is 1.43 bits per heavy atom. The van der Waals surface area contributed by atoms with Crippen molar-refractivity contribution in [2.75, 3.05) is 35.5 Å². The maximum atomic E-state index is 12.2. The molecule has 0 spiro atoms. The lowest BCUT2D eigenvalue weighted by Crippen LogP contribution is -2.01. The minimum atomic E-state index is -0.521. The number of aromatic amines is 1. The number of ether oxygens (including phenoxy) is 5.